The molecule has 9 rings (SSSR count). The smallest absolute Gasteiger partial charge is 0.309 e. The topological polar surface area (TPSA) is 336 Å². The molecular formula is C54H86O24. The Morgan fingerprint density at radius 2 is 1.27 bits per heavy atom. The number of carbonyl (C=O) groups is 3. The number of aliphatic hydroxyl groups is 8. The Balaban J connectivity index is 0.833. The molecule has 0 radical (unpaired) electrons. The molecule has 5 aliphatic heterocycles. The van der Waals surface area contributed by atoms with Gasteiger partial charge >= 0.3 is 11.9 Å². The highest BCUT2D eigenvalue weighted by Crippen LogP contribution is 2.81. The number of carbonyl (C=O) groups excluding carboxylic acids is 3. The molecule has 5 saturated heterocycles. The molecule has 78 heavy (non-hydrogen) atoms. The van der Waals surface area contributed by atoms with Gasteiger partial charge in [-0.2, -0.15) is 0 Å². The highest BCUT2D eigenvalue weighted by atomic mass is 16.8. The lowest BCUT2D eigenvalue weighted by Crippen LogP contribution is -2.70. The molecule has 24 heteroatoms. The van der Waals surface area contributed by atoms with Crippen LogP contribution in [0.15, 0.2) is 0 Å². The van der Waals surface area contributed by atoms with Gasteiger partial charge in [-0.25, -0.2) is 0 Å². The van der Waals surface area contributed by atoms with Crippen LogP contribution in [0.1, 0.15) is 113 Å². The number of esters is 2. The van der Waals surface area contributed by atoms with E-state index in [9.17, 15) is 55.2 Å². The van der Waals surface area contributed by atoms with Crippen LogP contribution in [0.25, 0.3) is 0 Å². The number of hydrogen-bond donors (Lipinski definition) is 8. The van der Waals surface area contributed by atoms with Gasteiger partial charge in [0.25, 0.3) is 0 Å². The number of Topliss-reactive ketones (excluding diaryl/α,β-unsaturated/α-hetero) is 1. The predicted molar refractivity (Wildman–Crippen MR) is 263 cm³/mol. The van der Waals surface area contributed by atoms with Gasteiger partial charge in [-0.15, -0.1) is 0 Å². The van der Waals surface area contributed by atoms with Crippen LogP contribution in [0, 0.1) is 34.5 Å². The molecule has 9 aliphatic rings. The van der Waals surface area contributed by atoms with Gasteiger partial charge in [0.2, 0.25) is 0 Å². The first-order valence-corrected chi connectivity index (χ1v) is 28.1. The zero-order chi connectivity index (χ0) is 56.7. The summed E-state index contributed by atoms with van der Waals surface area (Å²) < 4.78 is 80.8. The van der Waals surface area contributed by atoms with Gasteiger partial charge in [0.05, 0.1) is 43.5 Å². The third kappa shape index (κ3) is 10.0. The lowest BCUT2D eigenvalue weighted by Gasteiger charge is -2.61. The molecule has 0 aromatic carbocycles. The summed E-state index contributed by atoms with van der Waals surface area (Å²) in [6, 6.07) is 0. The Bertz CT molecular complexity index is 2120. The molecule has 4 saturated carbocycles. The average molecular weight is 1120 g/mol. The second kappa shape index (κ2) is 23.1. The van der Waals surface area contributed by atoms with Crippen LogP contribution in [-0.2, 0) is 76.0 Å². The summed E-state index contributed by atoms with van der Waals surface area (Å²) in [5.41, 5.74) is -2.70. The van der Waals surface area contributed by atoms with Crippen LogP contribution in [0.2, 0.25) is 0 Å². The van der Waals surface area contributed by atoms with Crippen LogP contribution in [0.5, 0.6) is 0 Å². The summed E-state index contributed by atoms with van der Waals surface area (Å²) in [5, 5.41) is 85.1. The zero-order valence-corrected chi connectivity index (χ0v) is 46.4. The minimum absolute atomic E-state index is 0.00180. The molecule has 0 bridgehead atoms. The number of methoxy groups -OCH3 is 2. The fraction of sp³-hybridized carbons (Fsp3) is 0.944. The zero-order valence-electron chi connectivity index (χ0n) is 46.4. The standard InChI is InChI=1S/C54H86O24/c1-11-22(2)47(65)74-44-45-51(7)15-13-28(18-27(51)12-16-53(45)54(78-53)17-14-29(23(3)57)52(54,8)46(44)70-26(6)58)71-33-19-30(66-9)40(24(4)68-33)75-50-39(64)43(67-10)41(25(5)69-50)76-49-38(63)36(61)42(32(21-56)73-49)77-48-37(62)35(60)34(59)31(20-55)72-48/h22,24-25,27-46,48-50,55-56,59-64H,11-21H2,1-10H3/t22-,24-,25-,27+,28+,29+,30-,31-,32-,33+,34-,35+,36-,37-,38-,39-,40-,41-,42-,43+,44+,45-,46-,48+,49+,50+,51+,52+,53+,54-/m1/s1. The lowest BCUT2D eigenvalue weighted by molar-refractivity contribution is -0.384. The Morgan fingerprint density at radius 3 is 1.90 bits per heavy atom. The first-order chi connectivity index (χ1) is 36.9. The van der Waals surface area contributed by atoms with E-state index in [2.05, 4.69) is 6.92 Å². The maximum absolute atomic E-state index is 13.9. The van der Waals surface area contributed by atoms with Gasteiger partial charge in [0.1, 0.15) is 102 Å². The molecule has 2 spiro atoms. The Morgan fingerprint density at radius 1 is 0.641 bits per heavy atom. The van der Waals surface area contributed by atoms with Crippen LogP contribution < -0.4 is 0 Å². The van der Waals surface area contributed by atoms with Gasteiger partial charge in [-0.1, -0.05) is 27.7 Å². The molecule has 9 fully saturated rings. The van der Waals surface area contributed by atoms with Crippen molar-refractivity contribution in [2.45, 2.75) is 259 Å². The second-order valence-electron chi connectivity index (χ2n) is 24.2. The number of ketones is 1. The fourth-order valence-corrected chi connectivity index (χ4v) is 15.7. The van der Waals surface area contributed by atoms with Gasteiger partial charge in [0, 0.05) is 44.8 Å². The first-order valence-electron chi connectivity index (χ1n) is 28.1. The summed E-state index contributed by atoms with van der Waals surface area (Å²) >= 11 is 0. The minimum Gasteiger partial charge on any atom is -0.458 e. The summed E-state index contributed by atoms with van der Waals surface area (Å²) in [4.78, 5) is 40.3. The van der Waals surface area contributed by atoms with E-state index in [1.165, 1.54) is 14.0 Å². The summed E-state index contributed by atoms with van der Waals surface area (Å²) in [5.74, 6) is -1.91. The number of aliphatic hydroxyl groups excluding tert-OH is 8. The third-order valence-electron chi connectivity index (χ3n) is 20.0. The summed E-state index contributed by atoms with van der Waals surface area (Å²) in [7, 11) is 2.88. The Hall–Kier alpha value is -2.15. The van der Waals surface area contributed by atoms with Crippen molar-refractivity contribution in [1.82, 2.24) is 0 Å². The van der Waals surface area contributed by atoms with Crippen molar-refractivity contribution >= 4 is 17.7 Å². The molecule has 0 aromatic heterocycles. The molecule has 0 amide bonds. The van der Waals surface area contributed by atoms with Crippen molar-refractivity contribution < 1.29 is 117 Å². The second-order valence-corrected chi connectivity index (χ2v) is 24.2. The Labute approximate surface area is 454 Å². The predicted octanol–water partition coefficient (Wildman–Crippen LogP) is -0.331. The van der Waals surface area contributed by atoms with Gasteiger partial charge in [-0.3, -0.25) is 14.4 Å². The Kier molecular flexibility index (Phi) is 17.9. The molecule has 0 aromatic rings. The van der Waals surface area contributed by atoms with E-state index in [0.29, 0.717) is 44.9 Å². The molecule has 4 aliphatic carbocycles. The molecule has 8 N–H and O–H groups in total. The summed E-state index contributed by atoms with van der Waals surface area (Å²) in [6.45, 7) is 12.9. The molecule has 0 unspecified atom stereocenters. The van der Waals surface area contributed by atoms with Crippen molar-refractivity contribution in [2.24, 2.45) is 34.5 Å². The molecule has 5 heterocycles. The van der Waals surface area contributed by atoms with E-state index in [4.69, 9.17) is 61.6 Å². The normalized spacial score (nSPS) is 52.2. The quantitative estimate of drug-likeness (QED) is 0.0525. The van der Waals surface area contributed by atoms with E-state index >= 15 is 0 Å². The third-order valence-corrected chi connectivity index (χ3v) is 20.0. The largest absolute Gasteiger partial charge is 0.458 e. The van der Waals surface area contributed by atoms with Crippen LogP contribution in [0.4, 0.5) is 0 Å². The maximum Gasteiger partial charge on any atom is 0.309 e. The highest BCUT2D eigenvalue weighted by Gasteiger charge is 2.91. The molecular weight excluding hydrogens is 1030 g/mol. The number of fused-ring (bicyclic) bond motifs is 2. The number of rotatable bonds is 17. The minimum atomic E-state index is -1.85. The van der Waals surface area contributed by atoms with Crippen LogP contribution in [-0.4, -0.2) is 232 Å². The van der Waals surface area contributed by atoms with E-state index in [1.54, 1.807) is 21.0 Å². The highest BCUT2D eigenvalue weighted by molar-refractivity contribution is 5.81. The monoisotopic (exact) mass is 1120 g/mol. The molecule has 446 valence electrons. The van der Waals surface area contributed by atoms with Crippen molar-refractivity contribution in [1.29, 1.82) is 0 Å². The lowest BCUT2D eigenvalue weighted by atomic mass is 9.43. The number of epoxide rings is 1. The molecule has 30 atom stereocenters. The van der Waals surface area contributed by atoms with Gasteiger partial charge in [-0.05, 0) is 83.5 Å². The van der Waals surface area contributed by atoms with Crippen molar-refractivity contribution in [3.05, 3.63) is 0 Å². The summed E-state index contributed by atoms with van der Waals surface area (Å²) in [6.07, 6.45) is -21.7. The SMILES string of the molecule is CC[C@@H](C)C(=O)O[C@@H]1[C@@H](OC(C)=O)[C@]2(C)[C@H](C(C)=O)CC[C@@]23O[C@]32CC[C@H]3C[C@@H](O[C@H]4C[C@@H](OC)[C@H](O[C@@H]5O[C@H](C)[C@@H](O[C@@H]6O[C@H](CO)[C@@H](O[C@@H]7O[C@H](CO)[C@@H](O)[C@H](O)[C@H]7O)[C@H](O)[C@H]6O)[C@@H](OC)[C@H]5O)[C@@H](C)O4)CC[C@]3(C)[C@@H]12. The average Bonchev–Trinajstić information content (AvgIpc) is 1.74. The van der Waals surface area contributed by atoms with E-state index in [0.717, 1.165) is 6.42 Å². The van der Waals surface area contributed by atoms with E-state index in [-0.39, 0.29) is 36.1 Å². The van der Waals surface area contributed by atoms with Crippen molar-refractivity contribution in [2.75, 3.05) is 27.4 Å². The van der Waals surface area contributed by atoms with E-state index < -0.39 is 182 Å². The van der Waals surface area contributed by atoms with Gasteiger partial charge < -0.3 is 102 Å². The van der Waals surface area contributed by atoms with Crippen LogP contribution >= 0.6 is 0 Å². The number of hydrogen-bond acceptors (Lipinski definition) is 24. The van der Waals surface area contributed by atoms with Crippen molar-refractivity contribution in [3.8, 4) is 0 Å². The van der Waals surface area contributed by atoms with Crippen molar-refractivity contribution in [3.63, 3.8) is 0 Å². The number of ether oxygens (including phenoxy) is 13. The maximum atomic E-state index is 13.9. The first kappa shape index (κ1) is 60.4. The van der Waals surface area contributed by atoms with Gasteiger partial charge in [0.15, 0.2) is 25.2 Å². The molecule has 24 nitrogen and oxygen atoms in total. The van der Waals surface area contributed by atoms with E-state index in [1.807, 2.05) is 27.7 Å². The fourth-order valence-electron chi connectivity index (χ4n) is 15.7. The van der Waals surface area contributed by atoms with Crippen LogP contribution in [0.3, 0.4) is 0 Å².